The SMILES string of the molecule is CCC[C@@]1(C)C(=O)CC[C@@H]2[C@@H]1CC[C@]1(C)C(=O)CC[C@@H]21. The van der Waals surface area contributed by atoms with Crippen molar-refractivity contribution in [3.63, 3.8) is 0 Å². The van der Waals surface area contributed by atoms with Crippen LogP contribution in [0, 0.1) is 28.6 Å². The summed E-state index contributed by atoms with van der Waals surface area (Å²) in [7, 11) is 0. The highest BCUT2D eigenvalue weighted by atomic mass is 16.1. The second-order valence-corrected chi connectivity index (χ2v) is 7.92. The molecule has 112 valence electrons. The highest BCUT2D eigenvalue weighted by Crippen LogP contribution is 2.61. The van der Waals surface area contributed by atoms with Crippen LogP contribution in [0.5, 0.6) is 0 Å². The van der Waals surface area contributed by atoms with E-state index < -0.39 is 0 Å². The topological polar surface area (TPSA) is 34.1 Å². The van der Waals surface area contributed by atoms with Gasteiger partial charge in [0.25, 0.3) is 0 Å². The van der Waals surface area contributed by atoms with Crippen LogP contribution in [0.2, 0.25) is 0 Å². The maximum Gasteiger partial charge on any atom is 0.139 e. The van der Waals surface area contributed by atoms with Crippen molar-refractivity contribution in [2.75, 3.05) is 0 Å². The Balaban J connectivity index is 1.92. The Labute approximate surface area is 122 Å². The van der Waals surface area contributed by atoms with Gasteiger partial charge in [-0.15, -0.1) is 0 Å². The van der Waals surface area contributed by atoms with Crippen molar-refractivity contribution in [1.29, 1.82) is 0 Å². The van der Waals surface area contributed by atoms with Gasteiger partial charge in [0.15, 0.2) is 0 Å². The molecule has 3 aliphatic rings. The Morgan fingerprint density at radius 2 is 1.70 bits per heavy atom. The van der Waals surface area contributed by atoms with Gasteiger partial charge in [-0.2, -0.15) is 0 Å². The molecule has 2 nitrogen and oxygen atoms in total. The van der Waals surface area contributed by atoms with Crippen LogP contribution in [-0.4, -0.2) is 11.6 Å². The van der Waals surface area contributed by atoms with E-state index in [9.17, 15) is 9.59 Å². The lowest BCUT2D eigenvalue weighted by atomic mass is 9.49. The van der Waals surface area contributed by atoms with Crippen molar-refractivity contribution >= 4 is 11.6 Å². The second-order valence-electron chi connectivity index (χ2n) is 7.92. The highest BCUT2D eigenvalue weighted by molar-refractivity contribution is 5.88. The first-order valence-corrected chi connectivity index (χ1v) is 8.50. The van der Waals surface area contributed by atoms with Gasteiger partial charge in [-0.05, 0) is 49.9 Å². The molecule has 0 heterocycles. The first-order chi connectivity index (χ1) is 9.43. The van der Waals surface area contributed by atoms with Crippen molar-refractivity contribution in [3.05, 3.63) is 0 Å². The molecule has 3 saturated carbocycles. The molecule has 0 N–H and O–H groups in total. The van der Waals surface area contributed by atoms with Gasteiger partial charge in [-0.25, -0.2) is 0 Å². The van der Waals surface area contributed by atoms with Crippen molar-refractivity contribution in [1.82, 2.24) is 0 Å². The van der Waals surface area contributed by atoms with Crippen LogP contribution in [0.3, 0.4) is 0 Å². The smallest absolute Gasteiger partial charge is 0.139 e. The number of Topliss-reactive ketones (excluding diaryl/α,β-unsaturated/α-hetero) is 2. The molecule has 20 heavy (non-hydrogen) atoms. The summed E-state index contributed by atoms with van der Waals surface area (Å²) < 4.78 is 0. The van der Waals surface area contributed by atoms with E-state index in [0.29, 0.717) is 29.3 Å². The van der Waals surface area contributed by atoms with Gasteiger partial charge >= 0.3 is 0 Å². The van der Waals surface area contributed by atoms with Gasteiger partial charge in [-0.3, -0.25) is 9.59 Å². The zero-order chi connectivity index (χ0) is 14.5. The summed E-state index contributed by atoms with van der Waals surface area (Å²) in [6, 6.07) is 0. The molecule has 3 aliphatic carbocycles. The second kappa shape index (κ2) is 4.68. The zero-order valence-electron chi connectivity index (χ0n) is 13.2. The summed E-state index contributed by atoms with van der Waals surface area (Å²) in [6.07, 6.45) is 7.87. The van der Waals surface area contributed by atoms with Crippen molar-refractivity contribution in [2.24, 2.45) is 28.6 Å². The summed E-state index contributed by atoms with van der Waals surface area (Å²) in [6.45, 7) is 6.61. The van der Waals surface area contributed by atoms with E-state index in [2.05, 4.69) is 20.8 Å². The molecule has 3 rings (SSSR count). The van der Waals surface area contributed by atoms with Crippen LogP contribution in [0.25, 0.3) is 0 Å². The van der Waals surface area contributed by atoms with E-state index in [4.69, 9.17) is 0 Å². The van der Waals surface area contributed by atoms with Crippen LogP contribution in [0.4, 0.5) is 0 Å². The molecule has 0 amide bonds. The van der Waals surface area contributed by atoms with Gasteiger partial charge in [0.05, 0.1) is 0 Å². The average Bonchev–Trinajstić information content (AvgIpc) is 2.71. The van der Waals surface area contributed by atoms with Crippen LogP contribution in [0.15, 0.2) is 0 Å². The fourth-order valence-corrected chi connectivity index (χ4v) is 5.89. The first-order valence-electron chi connectivity index (χ1n) is 8.50. The van der Waals surface area contributed by atoms with Crippen molar-refractivity contribution < 1.29 is 9.59 Å². The van der Waals surface area contributed by atoms with Crippen LogP contribution in [-0.2, 0) is 9.59 Å². The van der Waals surface area contributed by atoms with Crippen molar-refractivity contribution in [3.8, 4) is 0 Å². The number of fused-ring (bicyclic) bond motifs is 3. The molecule has 0 aromatic rings. The van der Waals surface area contributed by atoms with Crippen LogP contribution < -0.4 is 0 Å². The Bertz CT molecular complexity index is 441. The van der Waals surface area contributed by atoms with E-state index in [1.807, 2.05) is 0 Å². The minimum atomic E-state index is -0.107. The molecule has 0 aromatic heterocycles. The molecular formula is C18H28O2. The van der Waals surface area contributed by atoms with E-state index in [1.165, 1.54) is 0 Å². The third kappa shape index (κ3) is 1.76. The quantitative estimate of drug-likeness (QED) is 0.758. The van der Waals surface area contributed by atoms with Crippen molar-refractivity contribution in [2.45, 2.75) is 72.1 Å². The molecular weight excluding hydrogens is 248 g/mol. The summed E-state index contributed by atoms with van der Waals surface area (Å²) in [5.74, 6) is 2.70. The molecule has 0 unspecified atom stereocenters. The minimum Gasteiger partial charge on any atom is -0.299 e. The van der Waals surface area contributed by atoms with Gasteiger partial charge < -0.3 is 0 Å². The standard InChI is InChI=1S/C18H28O2/c1-4-10-17(2)14-9-11-18(3)13(6-8-16(18)20)12(14)5-7-15(17)19/h12-14H,4-11H2,1-3H3/t12-,13-,14-,17+,18-/m0/s1. The predicted molar refractivity (Wildman–Crippen MR) is 79.3 cm³/mol. The summed E-state index contributed by atoms with van der Waals surface area (Å²) in [4.78, 5) is 24.8. The largest absolute Gasteiger partial charge is 0.299 e. The number of hydrogen-bond donors (Lipinski definition) is 0. The Morgan fingerprint density at radius 1 is 1.00 bits per heavy atom. The Morgan fingerprint density at radius 3 is 2.40 bits per heavy atom. The van der Waals surface area contributed by atoms with Gasteiger partial charge in [0.2, 0.25) is 0 Å². The Kier molecular flexibility index (Phi) is 3.34. The molecule has 3 fully saturated rings. The summed E-state index contributed by atoms with van der Waals surface area (Å²) in [5, 5.41) is 0. The van der Waals surface area contributed by atoms with E-state index in [-0.39, 0.29) is 10.8 Å². The van der Waals surface area contributed by atoms with E-state index >= 15 is 0 Å². The lowest BCUT2D eigenvalue weighted by molar-refractivity contribution is -0.147. The number of ketones is 2. The monoisotopic (exact) mass is 276 g/mol. The Hall–Kier alpha value is -0.660. The zero-order valence-corrected chi connectivity index (χ0v) is 13.2. The number of rotatable bonds is 2. The van der Waals surface area contributed by atoms with Crippen LogP contribution in [0.1, 0.15) is 72.1 Å². The molecule has 0 radical (unpaired) electrons. The third-order valence-electron chi connectivity index (χ3n) is 7.08. The molecule has 0 aliphatic heterocycles. The number of carbonyl (C=O) groups excluding carboxylic acids is 2. The molecule has 5 atom stereocenters. The molecule has 0 aromatic carbocycles. The maximum absolute atomic E-state index is 12.5. The molecule has 0 bridgehead atoms. The normalized spacial score (nSPS) is 48.0. The van der Waals surface area contributed by atoms with Crippen LogP contribution >= 0.6 is 0 Å². The van der Waals surface area contributed by atoms with Gasteiger partial charge in [0, 0.05) is 23.7 Å². The maximum atomic E-state index is 12.5. The first kappa shape index (κ1) is 14.3. The molecule has 0 spiro atoms. The van der Waals surface area contributed by atoms with E-state index in [0.717, 1.165) is 51.4 Å². The summed E-state index contributed by atoms with van der Waals surface area (Å²) in [5.41, 5.74) is -0.167. The average molecular weight is 276 g/mol. The minimum absolute atomic E-state index is 0.0608. The fraction of sp³-hybridized carbons (Fsp3) is 0.889. The third-order valence-corrected chi connectivity index (χ3v) is 7.08. The number of hydrogen-bond acceptors (Lipinski definition) is 2. The predicted octanol–water partition coefficient (Wildman–Crippen LogP) is 4.17. The molecule has 0 saturated heterocycles. The highest BCUT2D eigenvalue weighted by Gasteiger charge is 2.59. The van der Waals surface area contributed by atoms with Gasteiger partial charge in [-0.1, -0.05) is 27.2 Å². The lowest BCUT2D eigenvalue weighted by Gasteiger charge is -2.54. The number of carbonyl (C=O) groups is 2. The molecule has 2 heteroatoms. The fourth-order valence-electron chi connectivity index (χ4n) is 5.89. The summed E-state index contributed by atoms with van der Waals surface area (Å²) >= 11 is 0. The lowest BCUT2D eigenvalue weighted by Crippen LogP contribution is -2.52. The van der Waals surface area contributed by atoms with E-state index in [1.54, 1.807) is 0 Å². The van der Waals surface area contributed by atoms with Gasteiger partial charge in [0.1, 0.15) is 11.6 Å².